The summed E-state index contributed by atoms with van der Waals surface area (Å²) in [5, 5.41) is 2.20. The van der Waals surface area contributed by atoms with E-state index >= 15 is 0 Å². The van der Waals surface area contributed by atoms with Crippen LogP contribution in [0.25, 0.3) is 0 Å². The Kier molecular flexibility index (Phi) is 6.07. The number of halogens is 1. The molecular weight excluding hydrogens is 523 g/mol. The van der Waals surface area contributed by atoms with E-state index in [0.29, 0.717) is 25.7 Å². The molecule has 2 saturated carbocycles. The molecule has 2 aliphatic heterocycles. The molecule has 1 aromatic carbocycles. The SMILES string of the molecule is COc1c(Nc2ccc(S(=O)(=O)C3CC3)cc2F)ncnc1O[C@H]1CC2CC[C@@H](C1)N2S(=O)(=O)C1CC1. The molecule has 200 valence electrons. The first kappa shape index (κ1) is 24.8. The number of aromatic nitrogens is 2. The van der Waals surface area contributed by atoms with Gasteiger partial charge < -0.3 is 14.8 Å². The molecule has 0 spiro atoms. The number of hydrogen-bond donors (Lipinski definition) is 1. The Bertz CT molecular complexity index is 1410. The molecule has 0 radical (unpaired) electrons. The molecule has 0 amide bonds. The maximum absolute atomic E-state index is 14.8. The lowest BCUT2D eigenvalue weighted by Gasteiger charge is -2.37. The first-order chi connectivity index (χ1) is 17.7. The summed E-state index contributed by atoms with van der Waals surface area (Å²) < 4.78 is 78.9. The Morgan fingerprint density at radius 3 is 2.24 bits per heavy atom. The zero-order valence-corrected chi connectivity index (χ0v) is 22.0. The fourth-order valence-electron chi connectivity index (χ4n) is 5.48. The van der Waals surface area contributed by atoms with Crippen LogP contribution in [0.4, 0.5) is 15.9 Å². The standard InChI is InChI=1S/C24H29FN4O6S2/c1-34-22-23(28-21-9-8-19(12-20(21)25)36(30,31)17-4-5-17)26-13-27-24(22)35-16-10-14-2-3-15(11-16)29(14)37(32,33)18-6-7-18/h8-9,12-18H,2-7,10-11H2,1H3,(H,26,27,28)/t14-,15?,16+/m0/s1. The fourth-order valence-corrected chi connectivity index (χ4v) is 9.44. The average molecular weight is 553 g/mol. The molecule has 2 bridgehead atoms. The van der Waals surface area contributed by atoms with Crippen molar-refractivity contribution in [1.82, 2.24) is 14.3 Å². The number of nitrogens with one attached hydrogen (secondary N) is 1. The average Bonchev–Trinajstić information content (AvgIpc) is 3.76. The van der Waals surface area contributed by atoms with Crippen LogP contribution in [0.3, 0.4) is 0 Å². The van der Waals surface area contributed by atoms with Crippen LogP contribution in [0.2, 0.25) is 0 Å². The minimum atomic E-state index is -3.51. The van der Waals surface area contributed by atoms with Gasteiger partial charge in [-0.1, -0.05) is 0 Å². The predicted molar refractivity (Wildman–Crippen MR) is 133 cm³/mol. The number of piperidine rings is 1. The Balaban J connectivity index is 1.19. The first-order valence-corrected chi connectivity index (χ1v) is 15.6. The molecule has 10 nitrogen and oxygen atoms in total. The minimum Gasteiger partial charge on any atom is -0.489 e. The van der Waals surface area contributed by atoms with Crippen LogP contribution in [-0.2, 0) is 19.9 Å². The van der Waals surface area contributed by atoms with Crippen LogP contribution in [0.5, 0.6) is 11.6 Å². The topological polar surface area (TPSA) is 128 Å². The third-order valence-electron chi connectivity index (χ3n) is 7.60. The Morgan fingerprint density at radius 2 is 1.65 bits per heavy atom. The van der Waals surface area contributed by atoms with E-state index in [1.165, 1.54) is 25.6 Å². The maximum Gasteiger partial charge on any atom is 0.262 e. The lowest BCUT2D eigenvalue weighted by Crippen LogP contribution is -2.50. The summed E-state index contributed by atoms with van der Waals surface area (Å²) in [5.74, 6) is -0.209. The van der Waals surface area contributed by atoms with E-state index < -0.39 is 30.9 Å². The summed E-state index contributed by atoms with van der Waals surface area (Å²) in [7, 11) is -5.34. The van der Waals surface area contributed by atoms with Crippen LogP contribution >= 0.6 is 0 Å². The number of sulfonamides is 1. The molecule has 6 rings (SSSR count). The molecular formula is C24H29FN4O6S2. The van der Waals surface area contributed by atoms with Gasteiger partial charge in [-0.3, -0.25) is 0 Å². The van der Waals surface area contributed by atoms with Crippen molar-refractivity contribution >= 4 is 31.4 Å². The smallest absolute Gasteiger partial charge is 0.262 e. The molecule has 3 atom stereocenters. The molecule has 2 saturated heterocycles. The van der Waals surface area contributed by atoms with Crippen molar-refractivity contribution in [3.05, 3.63) is 30.3 Å². The number of methoxy groups -OCH3 is 1. The molecule has 37 heavy (non-hydrogen) atoms. The van der Waals surface area contributed by atoms with E-state index in [9.17, 15) is 21.2 Å². The van der Waals surface area contributed by atoms with Crippen LogP contribution in [-0.4, -0.2) is 66.9 Å². The van der Waals surface area contributed by atoms with Gasteiger partial charge in [-0.05, 0) is 56.7 Å². The third-order valence-corrected chi connectivity index (χ3v) is 12.4. The monoisotopic (exact) mass is 552 g/mol. The van der Waals surface area contributed by atoms with Gasteiger partial charge in [0.2, 0.25) is 15.8 Å². The van der Waals surface area contributed by atoms with Crippen LogP contribution in [0, 0.1) is 5.82 Å². The van der Waals surface area contributed by atoms with Gasteiger partial charge >= 0.3 is 0 Å². The molecule has 2 aromatic rings. The lowest BCUT2D eigenvalue weighted by molar-refractivity contribution is 0.0887. The second-order valence-corrected chi connectivity index (χ2v) is 14.6. The van der Waals surface area contributed by atoms with Crippen LogP contribution in [0.15, 0.2) is 29.4 Å². The van der Waals surface area contributed by atoms with Crippen LogP contribution < -0.4 is 14.8 Å². The fraction of sp³-hybridized carbons (Fsp3) is 0.583. The summed E-state index contributed by atoms with van der Waals surface area (Å²) in [6, 6.07) is 3.59. The predicted octanol–water partition coefficient (Wildman–Crippen LogP) is 3.17. The summed E-state index contributed by atoms with van der Waals surface area (Å²) in [6.45, 7) is 0. The first-order valence-electron chi connectivity index (χ1n) is 12.6. The van der Waals surface area contributed by atoms with Crippen molar-refractivity contribution in [2.75, 3.05) is 12.4 Å². The summed E-state index contributed by atoms with van der Waals surface area (Å²) in [4.78, 5) is 8.34. The van der Waals surface area contributed by atoms with Crippen molar-refractivity contribution in [2.24, 2.45) is 0 Å². The number of benzene rings is 1. The van der Waals surface area contributed by atoms with E-state index in [0.717, 1.165) is 31.7 Å². The number of nitrogens with zero attached hydrogens (tertiary/aromatic N) is 3. The normalized spacial score (nSPS) is 26.2. The second-order valence-electron chi connectivity index (χ2n) is 10.2. The van der Waals surface area contributed by atoms with Gasteiger partial charge in [0.25, 0.3) is 5.88 Å². The maximum atomic E-state index is 14.8. The van der Waals surface area contributed by atoms with Gasteiger partial charge in [0.15, 0.2) is 15.7 Å². The molecule has 1 unspecified atom stereocenters. The van der Waals surface area contributed by atoms with E-state index in [-0.39, 0.29) is 51.5 Å². The van der Waals surface area contributed by atoms with Crippen molar-refractivity contribution in [3.63, 3.8) is 0 Å². The molecule has 3 heterocycles. The van der Waals surface area contributed by atoms with E-state index in [2.05, 4.69) is 15.3 Å². The minimum absolute atomic E-state index is 0.0364. The number of anilines is 2. The molecule has 4 fully saturated rings. The van der Waals surface area contributed by atoms with Crippen molar-refractivity contribution in [3.8, 4) is 11.6 Å². The van der Waals surface area contributed by atoms with Gasteiger partial charge in [-0.2, -0.15) is 9.29 Å². The highest BCUT2D eigenvalue weighted by Gasteiger charge is 2.52. The van der Waals surface area contributed by atoms with E-state index in [1.54, 1.807) is 4.31 Å². The number of rotatable bonds is 9. The van der Waals surface area contributed by atoms with Gasteiger partial charge in [0, 0.05) is 24.9 Å². The quantitative estimate of drug-likeness (QED) is 0.499. The Hall–Kier alpha value is -2.51. The zero-order valence-electron chi connectivity index (χ0n) is 20.3. The zero-order chi connectivity index (χ0) is 25.9. The van der Waals surface area contributed by atoms with Gasteiger partial charge in [0.1, 0.15) is 18.2 Å². The molecule has 2 aliphatic carbocycles. The molecule has 13 heteroatoms. The Labute approximate surface area is 215 Å². The molecule has 4 aliphatic rings. The lowest BCUT2D eigenvalue weighted by atomic mass is 10.0. The van der Waals surface area contributed by atoms with Crippen molar-refractivity contribution in [1.29, 1.82) is 0 Å². The summed E-state index contributed by atoms with van der Waals surface area (Å²) >= 11 is 0. The van der Waals surface area contributed by atoms with E-state index in [4.69, 9.17) is 9.47 Å². The van der Waals surface area contributed by atoms with Gasteiger partial charge in [-0.25, -0.2) is 26.2 Å². The number of ether oxygens (including phenoxy) is 2. The van der Waals surface area contributed by atoms with E-state index in [1.807, 2.05) is 0 Å². The largest absolute Gasteiger partial charge is 0.489 e. The Morgan fingerprint density at radius 1 is 0.973 bits per heavy atom. The molecule has 1 N–H and O–H groups in total. The van der Waals surface area contributed by atoms with Crippen molar-refractivity contribution < 1.29 is 30.7 Å². The highest BCUT2D eigenvalue weighted by atomic mass is 32.2. The van der Waals surface area contributed by atoms with Crippen LogP contribution in [0.1, 0.15) is 51.4 Å². The number of sulfone groups is 1. The highest BCUT2D eigenvalue weighted by Crippen LogP contribution is 2.44. The second kappa shape index (κ2) is 9.05. The highest BCUT2D eigenvalue weighted by molar-refractivity contribution is 7.92. The molecule has 1 aromatic heterocycles. The van der Waals surface area contributed by atoms with Crippen molar-refractivity contribution in [2.45, 2.75) is 84.9 Å². The number of hydrogen-bond acceptors (Lipinski definition) is 9. The summed E-state index contributed by atoms with van der Waals surface area (Å²) in [5.41, 5.74) is 0.0364. The van der Waals surface area contributed by atoms with Gasteiger partial charge in [-0.15, -0.1) is 0 Å². The number of fused-ring (bicyclic) bond motifs is 2. The van der Waals surface area contributed by atoms with Gasteiger partial charge in [0.05, 0.1) is 28.2 Å². The third kappa shape index (κ3) is 4.54. The summed E-state index contributed by atoms with van der Waals surface area (Å²) in [6.07, 6.45) is 6.45.